The fraction of sp³-hybridized carbons (Fsp3) is 0.190. The molecule has 0 aliphatic carbocycles. The standard InChI is InChI=1S/C21H23ClN5O2/c1-2-26(15-14-25-12-4-3-5-13-25)18-8-6-17(7-9-18)23-24-21-11-10-19(27(28)29)16-20(21)22/h3-13,16,23-24H,2,14-15H2,1H3/q+1. The Morgan fingerprint density at radius 2 is 1.79 bits per heavy atom. The number of rotatable bonds is 9. The minimum absolute atomic E-state index is 0.0433. The van der Waals surface area contributed by atoms with Crippen molar-refractivity contribution in [3.8, 4) is 0 Å². The first kappa shape index (κ1) is 20.4. The van der Waals surface area contributed by atoms with Gasteiger partial charge in [-0.2, -0.15) is 0 Å². The summed E-state index contributed by atoms with van der Waals surface area (Å²) in [7, 11) is 0. The first-order chi connectivity index (χ1) is 14.1. The van der Waals surface area contributed by atoms with Gasteiger partial charge in [0.15, 0.2) is 18.9 Å². The number of nitro benzene ring substituents is 1. The van der Waals surface area contributed by atoms with Gasteiger partial charge >= 0.3 is 0 Å². The average molecular weight is 413 g/mol. The van der Waals surface area contributed by atoms with E-state index in [1.54, 1.807) is 6.07 Å². The number of non-ortho nitro benzene ring substituents is 1. The molecule has 2 aromatic carbocycles. The van der Waals surface area contributed by atoms with E-state index in [9.17, 15) is 10.1 Å². The summed E-state index contributed by atoms with van der Waals surface area (Å²) < 4.78 is 2.16. The molecule has 0 saturated heterocycles. The van der Waals surface area contributed by atoms with Gasteiger partial charge in [-0.15, -0.1) is 0 Å². The Hall–Kier alpha value is -3.32. The number of aromatic nitrogens is 1. The van der Waals surface area contributed by atoms with E-state index in [1.165, 1.54) is 12.1 Å². The Balaban J connectivity index is 1.58. The maximum Gasteiger partial charge on any atom is 0.271 e. The molecule has 3 aromatic rings. The number of nitrogens with one attached hydrogen (secondary N) is 2. The lowest BCUT2D eigenvalue weighted by Crippen LogP contribution is -2.40. The van der Waals surface area contributed by atoms with Crippen LogP contribution in [0.4, 0.5) is 22.7 Å². The normalized spacial score (nSPS) is 10.4. The van der Waals surface area contributed by atoms with Gasteiger partial charge in [0.25, 0.3) is 5.69 Å². The summed E-state index contributed by atoms with van der Waals surface area (Å²) >= 11 is 6.09. The van der Waals surface area contributed by atoms with Crippen LogP contribution in [0.3, 0.4) is 0 Å². The number of hydrogen-bond acceptors (Lipinski definition) is 5. The smallest absolute Gasteiger partial charge is 0.271 e. The van der Waals surface area contributed by atoms with Gasteiger partial charge in [-0.3, -0.25) is 15.5 Å². The molecule has 7 nitrogen and oxygen atoms in total. The van der Waals surface area contributed by atoms with E-state index in [0.717, 1.165) is 31.0 Å². The van der Waals surface area contributed by atoms with E-state index in [0.29, 0.717) is 5.69 Å². The van der Waals surface area contributed by atoms with Gasteiger partial charge in [0, 0.05) is 36.5 Å². The number of hydrazine groups is 1. The van der Waals surface area contributed by atoms with Crippen LogP contribution in [0.5, 0.6) is 0 Å². The van der Waals surface area contributed by atoms with Gasteiger partial charge in [-0.25, -0.2) is 4.57 Å². The maximum absolute atomic E-state index is 10.8. The Bertz CT molecular complexity index is 951. The average Bonchev–Trinajstić information content (AvgIpc) is 2.75. The monoisotopic (exact) mass is 412 g/mol. The molecule has 0 spiro atoms. The molecule has 0 aliphatic rings. The van der Waals surface area contributed by atoms with Crippen LogP contribution >= 0.6 is 11.6 Å². The molecule has 0 aliphatic heterocycles. The lowest BCUT2D eigenvalue weighted by Gasteiger charge is -2.22. The van der Waals surface area contributed by atoms with Crippen molar-refractivity contribution >= 4 is 34.4 Å². The fourth-order valence-electron chi connectivity index (χ4n) is 2.90. The topological polar surface area (TPSA) is 74.3 Å². The molecule has 0 saturated carbocycles. The summed E-state index contributed by atoms with van der Waals surface area (Å²) in [5.41, 5.74) is 8.57. The summed E-state index contributed by atoms with van der Waals surface area (Å²) in [5, 5.41) is 11.1. The molecule has 0 fully saturated rings. The third-order valence-corrected chi connectivity index (χ3v) is 4.84. The first-order valence-electron chi connectivity index (χ1n) is 9.32. The molecule has 3 rings (SSSR count). The van der Waals surface area contributed by atoms with Gasteiger partial charge in [0.1, 0.15) is 0 Å². The predicted molar refractivity (Wildman–Crippen MR) is 116 cm³/mol. The molecule has 150 valence electrons. The Morgan fingerprint density at radius 1 is 1.07 bits per heavy atom. The van der Waals surface area contributed by atoms with Crippen molar-refractivity contribution in [1.82, 2.24) is 0 Å². The molecule has 0 amide bonds. The summed E-state index contributed by atoms with van der Waals surface area (Å²) in [6, 6.07) is 18.4. The second-order valence-electron chi connectivity index (χ2n) is 6.41. The van der Waals surface area contributed by atoms with Gasteiger partial charge in [0.05, 0.1) is 27.9 Å². The summed E-state index contributed by atoms with van der Waals surface area (Å²) in [6.45, 7) is 4.88. The summed E-state index contributed by atoms with van der Waals surface area (Å²) in [4.78, 5) is 12.6. The first-order valence-corrected chi connectivity index (χ1v) is 9.69. The van der Waals surface area contributed by atoms with Crippen LogP contribution < -0.4 is 20.3 Å². The lowest BCUT2D eigenvalue weighted by atomic mass is 10.2. The van der Waals surface area contributed by atoms with Crippen LogP contribution in [0.1, 0.15) is 6.92 Å². The Labute approximate surface area is 174 Å². The molecule has 0 unspecified atom stereocenters. The van der Waals surface area contributed by atoms with Gasteiger partial charge in [-0.05, 0) is 37.3 Å². The van der Waals surface area contributed by atoms with E-state index >= 15 is 0 Å². The molecule has 0 bridgehead atoms. The Morgan fingerprint density at radius 3 is 2.41 bits per heavy atom. The highest BCUT2D eigenvalue weighted by molar-refractivity contribution is 6.33. The minimum atomic E-state index is -0.475. The SMILES string of the molecule is CCN(CC[n+]1ccccc1)c1ccc(NNc2ccc([N+](=O)[O-])cc2Cl)cc1. The summed E-state index contributed by atoms with van der Waals surface area (Å²) in [6.07, 6.45) is 4.13. The third kappa shape index (κ3) is 5.58. The van der Waals surface area contributed by atoms with Crippen LogP contribution in [0.15, 0.2) is 73.1 Å². The lowest BCUT2D eigenvalue weighted by molar-refractivity contribution is -0.694. The number of nitrogens with zero attached hydrogens (tertiary/aromatic N) is 3. The zero-order valence-electron chi connectivity index (χ0n) is 16.1. The fourth-order valence-corrected chi connectivity index (χ4v) is 3.13. The van der Waals surface area contributed by atoms with Crippen molar-refractivity contribution in [2.75, 3.05) is 28.8 Å². The van der Waals surface area contributed by atoms with Gasteiger partial charge in [-0.1, -0.05) is 17.7 Å². The number of nitro groups is 1. The number of anilines is 3. The zero-order chi connectivity index (χ0) is 20.6. The molecular weight excluding hydrogens is 390 g/mol. The number of benzene rings is 2. The zero-order valence-corrected chi connectivity index (χ0v) is 16.8. The number of halogens is 1. The molecule has 1 aromatic heterocycles. The van der Waals surface area contributed by atoms with Crippen LogP contribution in [-0.2, 0) is 6.54 Å². The highest BCUT2D eigenvalue weighted by atomic mass is 35.5. The van der Waals surface area contributed by atoms with Gasteiger partial charge in [0.2, 0.25) is 0 Å². The van der Waals surface area contributed by atoms with Crippen LogP contribution in [0, 0.1) is 10.1 Å². The van der Waals surface area contributed by atoms with Crippen LogP contribution in [0.25, 0.3) is 0 Å². The molecule has 29 heavy (non-hydrogen) atoms. The number of likely N-dealkylation sites (N-methyl/N-ethyl adjacent to an activating group) is 1. The van der Waals surface area contributed by atoms with Crippen molar-refractivity contribution in [3.63, 3.8) is 0 Å². The highest BCUT2D eigenvalue weighted by Gasteiger charge is 2.10. The molecule has 0 atom stereocenters. The van der Waals surface area contributed by atoms with Crippen LogP contribution in [0.2, 0.25) is 5.02 Å². The van der Waals surface area contributed by atoms with E-state index in [-0.39, 0.29) is 10.7 Å². The molecule has 1 heterocycles. The van der Waals surface area contributed by atoms with E-state index in [4.69, 9.17) is 11.6 Å². The number of hydrogen-bond donors (Lipinski definition) is 2. The predicted octanol–water partition coefficient (Wildman–Crippen LogP) is 4.50. The second kappa shape index (κ2) is 9.75. The third-order valence-electron chi connectivity index (χ3n) is 4.52. The molecule has 0 radical (unpaired) electrons. The second-order valence-corrected chi connectivity index (χ2v) is 6.82. The molecule has 8 heteroatoms. The van der Waals surface area contributed by atoms with Crippen molar-refractivity contribution in [3.05, 3.63) is 88.2 Å². The van der Waals surface area contributed by atoms with Crippen molar-refractivity contribution in [2.24, 2.45) is 0 Å². The minimum Gasteiger partial charge on any atom is -0.365 e. The van der Waals surface area contributed by atoms with E-state index < -0.39 is 4.92 Å². The maximum atomic E-state index is 10.8. The quantitative estimate of drug-likeness (QED) is 0.307. The molecule has 2 N–H and O–H groups in total. The van der Waals surface area contributed by atoms with E-state index in [2.05, 4.69) is 51.8 Å². The van der Waals surface area contributed by atoms with Crippen molar-refractivity contribution < 1.29 is 9.49 Å². The Kier molecular flexibility index (Phi) is 6.86. The van der Waals surface area contributed by atoms with Crippen molar-refractivity contribution in [1.29, 1.82) is 0 Å². The molecular formula is C21H23ClN5O2+. The highest BCUT2D eigenvalue weighted by Crippen LogP contribution is 2.27. The van der Waals surface area contributed by atoms with Crippen LogP contribution in [-0.4, -0.2) is 18.0 Å². The van der Waals surface area contributed by atoms with Gasteiger partial charge < -0.3 is 10.3 Å². The van der Waals surface area contributed by atoms with E-state index in [1.807, 2.05) is 30.3 Å². The largest absolute Gasteiger partial charge is 0.365 e. The van der Waals surface area contributed by atoms with Crippen molar-refractivity contribution in [2.45, 2.75) is 13.5 Å². The number of pyridine rings is 1. The summed E-state index contributed by atoms with van der Waals surface area (Å²) in [5.74, 6) is 0.